The predicted octanol–water partition coefficient (Wildman–Crippen LogP) is 1.06. The molecule has 1 atom stereocenters. The zero-order valence-electron chi connectivity index (χ0n) is 16.1. The third-order valence-corrected chi connectivity index (χ3v) is 5.44. The molecule has 0 spiro atoms. The van der Waals surface area contributed by atoms with Gasteiger partial charge in [0.05, 0.1) is 16.9 Å². The van der Waals surface area contributed by atoms with Gasteiger partial charge in [0.2, 0.25) is 5.43 Å². The lowest BCUT2D eigenvalue weighted by Crippen LogP contribution is -2.51. The van der Waals surface area contributed by atoms with Gasteiger partial charge in [0.1, 0.15) is 23.0 Å². The summed E-state index contributed by atoms with van der Waals surface area (Å²) in [6, 6.07) is 0.862. The Labute approximate surface area is 170 Å². The molecule has 3 heterocycles. The minimum Gasteiger partial charge on any atom is -0.487 e. The Morgan fingerprint density at radius 3 is 2.73 bits per heavy atom. The Morgan fingerprint density at radius 2 is 2.10 bits per heavy atom. The molecule has 2 aliphatic rings. The number of benzene rings is 1. The van der Waals surface area contributed by atoms with Crippen LogP contribution in [0.2, 0.25) is 0 Å². The Hall–Kier alpha value is -3.81. The van der Waals surface area contributed by atoms with Gasteiger partial charge in [0, 0.05) is 32.4 Å². The van der Waals surface area contributed by atoms with E-state index >= 15 is 4.39 Å². The maximum Gasteiger partial charge on any atom is 0.341 e. The van der Waals surface area contributed by atoms with E-state index in [-0.39, 0.29) is 35.4 Å². The molecule has 0 radical (unpaired) electrons. The molecule has 0 bridgehead atoms. The first-order valence-electron chi connectivity index (χ1n) is 9.30. The number of carboxylic acids is 1. The van der Waals surface area contributed by atoms with Gasteiger partial charge in [-0.3, -0.25) is 4.79 Å². The molecule has 4 rings (SSSR count). The fourth-order valence-corrected chi connectivity index (χ4v) is 3.93. The molecule has 1 fully saturated rings. The number of hydrogen-bond acceptors (Lipinski definition) is 5. The van der Waals surface area contributed by atoms with Gasteiger partial charge in [-0.25, -0.2) is 9.18 Å². The molecule has 30 heavy (non-hydrogen) atoms. The van der Waals surface area contributed by atoms with Gasteiger partial charge in [-0.15, -0.1) is 4.95 Å². The smallest absolute Gasteiger partial charge is 0.341 e. The van der Waals surface area contributed by atoms with Crippen molar-refractivity contribution in [1.82, 2.24) is 9.47 Å². The Balaban J connectivity index is 1.82. The van der Waals surface area contributed by atoms with E-state index < -0.39 is 22.8 Å². The number of ether oxygens (including phenoxy) is 1. The van der Waals surface area contributed by atoms with Gasteiger partial charge < -0.3 is 29.9 Å². The SMILES string of the molecule is [C-]#[N+]/N=C(\N)N1CCN(c2c(F)cc3c(=O)c(C(=O)O)cn4c3c2OCC4C)CC1. The lowest BCUT2D eigenvalue weighted by molar-refractivity contribution is 0.0694. The highest BCUT2D eigenvalue weighted by Crippen LogP contribution is 2.42. The minimum absolute atomic E-state index is 0.0234. The predicted molar refractivity (Wildman–Crippen MR) is 107 cm³/mol. The highest BCUT2D eigenvalue weighted by atomic mass is 19.1. The van der Waals surface area contributed by atoms with Crippen molar-refractivity contribution in [3.05, 3.63) is 45.4 Å². The number of nitrogens with zero attached hydrogens (tertiary/aromatic N) is 5. The van der Waals surface area contributed by atoms with Crippen molar-refractivity contribution in [2.24, 2.45) is 10.8 Å². The van der Waals surface area contributed by atoms with E-state index in [1.165, 1.54) is 6.20 Å². The van der Waals surface area contributed by atoms with Crippen molar-refractivity contribution >= 4 is 28.5 Å². The molecular weight excluding hydrogens is 395 g/mol. The molecule has 2 aromatic rings. The number of nitrogens with two attached hydrogens (primary N) is 1. The Morgan fingerprint density at radius 1 is 1.40 bits per heavy atom. The summed E-state index contributed by atoms with van der Waals surface area (Å²) in [5.74, 6) is -1.67. The van der Waals surface area contributed by atoms with Crippen LogP contribution in [0, 0.1) is 12.4 Å². The van der Waals surface area contributed by atoms with Crippen molar-refractivity contribution in [2.75, 3.05) is 37.7 Å². The summed E-state index contributed by atoms with van der Waals surface area (Å²) in [6.45, 7) is 10.5. The number of guanidine groups is 1. The summed E-state index contributed by atoms with van der Waals surface area (Å²) in [4.78, 5) is 30.6. The van der Waals surface area contributed by atoms with Gasteiger partial charge in [0.25, 0.3) is 5.96 Å². The monoisotopic (exact) mass is 414 g/mol. The van der Waals surface area contributed by atoms with Gasteiger partial charge in [-0.05, 0) is 13.0 Å². The number of aromatic nitrogens is 1. The standard InChI is InChI=1S/C19H19FN6O4/c1-10-9-30-17-14-11(16(27)12(18(28)29)8-26(10)14)7-13(20)15(17)24-3-5-25(6-4-24)19(21)23-22-2/h7-8,10H,3-6,9H2,1H3,(H2,21,23)(H,28,29). The molecule has 0 amide bonds. The first-order valence-corrected chi connectivity index (χ1v) is 9.30. The summed E-state index contributed by atoms with van der Waals surface area (Å²) in [7, 11) is 0. The van der Waals surface area contributed by atoms with Gasteiger partial charge in [-0.1, -0.05) is 0 Å². The van der Waals surface area contributed by atoms with Crippen LogP contribution in [0.4, 0.5) is 10.1 Å². The first-order chi connectivity index (χ1) is 14.3. The van der Waals surface area contributed by atoms with E-state index in [1.54, 1.807) is 14.4 Å². The normalized spacial score (nSPS) is 18.8. The second-order valence-electron chi connectivity index (χ2n) is 7.21. The zero-order valence-corrected chi connectivity index (χ0v) is 16.1. The molecule has 0 aliphatic carbocycles. The van der Waals surface area contributed by atoms with Crippen molar-refractivity contribution in [1.29, 1.82) is 0 Å². The highest BCUT2D eigenvalue weighted by Gasteiger charge is 2.31. The molecule has 1 aromatic carbocycles. The molecular formula is C19H19FN6O4. The molecule has 1 unspecified atom stereocenters. The molecule has 1 aromatic heterocycles. The molecule has 2 aliphatic heterocycles. The average molecular weight is 414 g/mol. The summed E-state index contributed by atoms with van der Waals surface area (Å²) >= 11 is 0. The average Bonchev–Trinajstić information content (AvgIpc) is 2.72. The number of pyridine rings is 1. The summed E-state index contributed by atoms with van der Waals surface area (Å²) in [6.07, 6.45) is 1.30. The third kappa shape index (κ3) is 2.97. The molecule has 11 heteroatoms. The Kier molecular flexibility index (Phi) is 4.69. The Bertz CT molecular complexity index is 1180. The van der Waals surface area contributed by atoms with Crippen LogP contribution in [-0.2, 0) is 0 Å². The second-order valence-corrected chi connectivity index (χ2v) is 7.21. The van der Waals surface area contributed by atoms with Crippen LogP contribution in [0.3, 0.4) is 0 Å². The van der Waals surface area contributed by atoms with Crippen LogP contribution in [-0.4, -0.2) is 59.3 Å². The van der Waals surface area contributed by atoms with Crippen LogP contribution in [0.5, 0.6) is 5.75 Å². The van der Waals surface area contributed by atoms with Crippen LogP contribution in [0.1, 0.15) is 23.3 Å². The molecule has 156 valence electrons. The lowest BCUT2D eigenvalue weighted by atomic mass is 10.1. The number of rotatable bonds is 2. The van der Waals surface area contributed by atoms with E-state index in [1.807, 2.05) is 6.92 Å². The zero-order chi connectivity index (χ0) is 21.6. The van der Waals surface area contributed by atoms with Crippen LogP contribution >= 0.6 is 0 Å². The lowest BCUT2D eigenvalue weighted by Gasteiger charge is -2.38. The van der Waals surface area contributed by atoms with Crippen molar-refractivity contribution < 1.29 is 19.0 Å². The number of halogens is 1. The van der Waals surface area contributed by atoms with Gasteiger partial charge in [-0.2, -0.15) is 6.57 Å². The molecule has 0 saturated carbocycles. The maximum atomic E-state index is 15.2. The molecule has 3 N–H and O–H groups in total. The number of hydrogen-bond donors (Lipinski definition) is 2. The number of piperazine rings is 1. The molecule has 10 nitrogen and oxygen atoms in total. The highest BCUT2D eigenvalue weighted by molar-refractivity contribution is 5.97. The van der Waals surface area contributed by atoms with Crippen molar-refractivity contribution in [2.45, 2.75) is 13.0 Å². The van der Waals surface area contributed by atoms with E-state index in [0.29, 0.717) is 31.7 Å². The van der Waals surface area contributed by atoms with Gasteiger partial charge in [0.15, 0.2) is 11.6 Å². The largest absolute Gasteiger partial charge is 0.487 e. The van der Waals surface area contributed by atoms with Crippen molar-refractivity contribution in [3.8, 4) is 5.75 Å². The fraction of sp³-hybridized carbons (Fsp3) is 0.368. The molecule has 1 saturated heterocycles. The van der Waals surface area contributed by atoms with E-state index in [2.05, 4.69) is 10.1 Å². The van der Waals surface area contributed by atoms with Gasteiger partial charge >= 0.3 is 5.97 Å². The number of aromatic carboxylic acids is 1. The summed E-state index contributed by atoms with van der Waals surface area (Å²) in [5.41, 5.74) is 5.23. The fourth-order valence-electron chi connectivity index (χ4n) is 3.93. The van der Waals surface area contributed by atoms with Crippen molar-refractivity contribution in [3.63, 3.8) is 0 Å². The summed E-state index contributed by atoms with van der Waals surface area (Å²) < 4.78 is 22.7. The van der Waals surface area contributed by atoms with Crippen LogP contribution in [0.25, 0.3) is 15.9 Å². The number of carbonyl (C=O) groups is 1. The first kappa shape index (κ1) is 19.5. The number of carboxylic acid groups (broad SMARTS) is 1. The number of anilines is 1. The topological polar surface area (TPSA) is 118 Å². The minimum atomic E-state index is -1.36. The van der Waals surface area contributed by atoms with E-state index in [4.69, 9.17) is 17.0 Å². The maximum absolute atomic E-state index is 15.2. The quantitative estimate of drug-likeness (QED) is 0.327. The van der Waals surface area contributed by atoms with E-state index in [9.17, 15) is 14.7 Å². The van der Waals surface area contributed by atoms with Crippen LogP contribution < -0.4 is 20.8 Å². The van der Waals surface area contributed by atoms with E-state index in [0.717, 1.165) is 6.07 Å². The van der Waals surface area contributed by atoms with Crippen LogP contribution in [0.15, 0.2) is 22.2 Å². The second kappa shape index (κ2) is 7.22. The third-order valence-electron chi connectivity index (χ3n) is 5.44. The summed E-state index contributed by atoms with van der Waals surface area (Å²) in [5, 5.41) is 12.8.